The van der Waals surface area contributed by atoms with Gasteiger partial charge in [-0.15, -0.1) is 0 Å². The van der Waals surface area contributed by atoms with Crippen LogP contribution in [-0.4, -0.2) is 32.1 Å². The van der Waals surface area contributed by atoms with Crippen molar-refractivity contribution in [2.75, 3.05) is 11.5 Å². The van der Waals surface area contributed by atoms with Crippen molar-refractivity contribution in [2.45, 2.75) is 30.5 Å². The zero-order valence-corrected chi connectivity index (χ0v) is 11.2. The number of aryl methyl sites for hydroxylation is 1. The number of thioether (sulfide) groups is 2. The van der Waals surface area contributed by atoms with Gasteiger partial charge in [0.05, 0.1) is 6.10 Å². The molecule has 88 valence electrons. The van der Waals surface area contributed by atoms with Gasteiger partial charge >= 0.3 is 0 Å². The first-order chi connectivity index (χ1) is 7.68. The first kappa shape index (κ1) is 12.3. The van der Waals surface area contributed by atoms with Crippen LogP contribution in [-0.2, 0) is 0 Å². The van der Waals surface area contributed by atoms with Crippen LogP contribution >= 0.6 is 23.5 Å². The van der Waals surface area contributed by atoms with Gasteiger partial charge in [0.1, 0.15) is 0 Å². The molecule has 0 spiro atoms. The van der Waals surface area contributed by atoms with Gasteiger partial charge in [-0.3, -0.25) is 4.98 Å². The van der Waals surface area contributed by atoms with Crippen LogP contribution in [0.5, 0.6) is 0 Å². The van der Waals surface area contributed by atoms with Gasteiger partial charge in [0.15, 0.2) is 0 Å². The summed E-state index contributed by atoms with van der Waals surface area (Å²) in [6.45, 7) is 4.21. The minimum atomic E-state index is -0.389. The van der Waals surface area contributed by atoms with Gasteiger partial charge in [-0.25, -0.2) is 0 Å². The Labute approximate surface area is 105 Å². The standard InChI is InChI=1S/C12H17NOS2/c1-8-5-10(7-13-6-8)11(14)12-9(2)15-3-4-16-12/h5-7,9,11-12,14H,3-4H2,1-2H3. The maximum absolute atomic E-state index is 10.4. The maximum Gasteiger partial charge on any atom is 0.0934 e. The molecule has 2 rings (SSSR count). The van der Waals surface area contributed by atoms with E-state index in [0.29, 0.717) is 10.5 Å². The van der Waals surface area contributed by atoms with Gasteiger partial charge in [-0.2, -0.15) is 23.5 Å². The highest BCUT2D eigenvalue weighted by atomic mass is 32.2. The molecule has 3 unspecified atom stereocenters. The molecule has 0 aromatic carbocycles. The van der Waals surface area contributed by atoms with Crippen LogP contribution in [0.15, 0.2) is 18.5 Å². The summed E-state index contributed by atoms with van der Waals surface area (Å²) in [6, 6.07) is 2.03. The van der Waals surface area contributed by atoms with Crippen molar-refractivity contribution in [2.24, 2.45) is 0 Å². The van der Waals surface area contributed by atoms with Gasteiger partial charge in [-0.1, -0.05) is 13.0 Å². The SMILES string of the molecule is Cc1cncc(C(O)C2SCCSC2C)c1. The third-order valence-electron chi connectivity index (χ3n) is 2.79. The van der Waals surface area contributed by atoms with Gasteiger partial charge in [0.2, 0.25) is 0 Å². The van der Waals surface area contributed by atoms with Crippen LogP contribution in [0, 0.1) is 6.92 Å². The second kappa shape index (κ2) is 5.43. The summed E-state index contributed by atoms with van der Waals surface area (Å²) in [6.07, 6.45) is 3.22. The maximum atomic E-state index is 10.4. The molecule has 1 N–H and O–H groups in total. The van der Waals surface area contributed by atoms with E-state index < -0.39 is 0 Å². The number of aliphatic hydroxyl groups is 1. The van der Waals surface area contributed by atoms with E-state index in [1.54, 1.807) is 6.20 Å². The molecule has 1 aromatic rings. The van der Waals surface area contributed by atoms with E-state index in [4.69, 9.17) is 0 Å². The van der Waals surface area contributed by atoms with E-state index in [0.717, 1.165) is 16.9 Å². The lowest BCUT2D eigenvalue weighted by Crippen LogP contribution is -2.29. The molecule has 3 atom stereocenters. The first-order valence-corrected chi connectivity index (χ1v) is 7.61. The van der Waals surface area contributed by atoms with Gasteiger partial charge in [-0.05, 0) is 12.5 Å². The van der Waals surface area contributed by atoms with Crippen molar-refractivity contribution in [1.29, 1.82) is 0 Å². The minimum absolute atomic E-state index is 0.294. The zero-order chi connectivity index (χ0) is 11.5. The molecule has 0 radical (unpaired) electrons. The largest absolute Gasteiger partial charge is 0.387 e. The number of pyridine rings is 1. The normalized spacial score (nSPS) is 27.7. The fourth-order valence-corrected chi connectivity index (χ4v) is 4.76. The molecule has 0 aliphatic carbocycles. The summed E-state index contributed by atoms with van der Waals surface area (Å²) >= 11 is 3.83. The van der Waals surface area contributed by atoms with Crippen LogP contribution in [0.3, 0.4) is 0 Å². The molecule has 16 heavy (non-hydrogen) atoms. The molecule has 1 saturated heterocycles. The first-order valence-electron chi connectivity index (χ1n) is 5.51. The lowest BCUT2D eigenvalue weighted by Gasteiger charge is -2.31. The Kier molecular flexibility index (Phi) is 4.16. The zero-order valence-electron chi connectivity index (χ0n) is 9.59. The second-order valence-corrected chi connectivity index (χ2v) is 6.92. The Morgan fingerprint density at radius 2 is 2.12 bits per heavy atom. The lowest BCUT2D eigenvalue weighted by molar-refractivity contribution is 0.173. The number of rotatable bonds is 2. The lowest BCUT2D eigenvalue weighted by atomic mass is 10.1. The summed E-state index contributed by atoms with van der Waals surface area (Å²) < 4.78 is 0. The molecule has 1 fully saturated rings. The smallest absolute Gasteiger partial charge is 0.0934 e. The highest BCUT2D eigenvalue weighted by molar-refractivity contribution is 8.07. The molecule has 4 heteroatoms. The van der Waals surface area contributed by atoms with Crippen molar-refractivity contribution in [1.82, 2.24) is 4.98 Å². The van der Waals surface area contributed by atoms with E-state index in [1.807, 2.05) is 42.7 Å². The molecular formula is C12H17NOS2. The summed E-state index contributed by atoms with van der Waals surface area (Å²) in [5.41, 5.74) is 2.06. The van der Waals surface area contributed by atoms with Crippen molar-refractivity contribution < 1.29 is 5.11 Å². The van der Waals surface area contributed by atoms with Crippen molar-refractivity contribution in [3.63, 3.8) is 0 Å². The number of hydrogen-bond donors (Lipinski definition) is 1. The van der Waals surface area contributed by atoms with Crippen LogP contribution in [0.2, 0.25) is 0 Å². The van der Waals surface area contributed by atoms with Gasteiger partial charge in [0.25, 0.3) is 0 Å². The van der Waals surface area contributed by atoms with E-state index in [1.165, 1.54) is 5.75 Å². The molecule has 1 aliphatic rings. The highest BCUT2D eigenvalue weighted by Gasteiger charge is 2.30. The average Bonchev–Trinajstić information content (AvgIpc) is 2.29. The third kappa shape index (κ3) is 2.73. The van der Waals surface area contributed by atoms with Crippen LogP contribution in [0.4, 0.5) is 0 Å². The van der Waals surface area contributed by atoms with Crippen LogP contribution in [0.25, 0.3) is 0 Å². The van der Waals surface area contributed by atoms with E-state index in [9.17, 15) is 5.11 Å². The topological polar surface area (TPSA) is 33.1 Å². The Morgan fingerprint density at radius 1 is 1.38 bits per heavy atom. The molecule has 1 aliphatic heterocycles. The second-order valence-electron chi connectivity index (χ2n) is 4.15. The molecule has 1 aromatic heterocycles. The minimum Gasteiger partial charge on any atom is -0.387 e. The summed E-state index contributed by atoms with van der Waals surface area (Å²) in [5, 5.41) is 11.2. The fraction of sp³-hybridized carbons (Fsp3) is 0.583. The third-order valence-corrected chi connectivity index (χ3v) is 5.97. The van der Waals surface area contributed by atoms with Crippen molar-refractivity contribution in [3.8, 4) is 0 Å². The molecule has 0 saturated carbocycles. The van der Waals surface area contributed by atoms with Crippen LogP contribution < -0.4 is 0 Å². The van der Waals surface area contributed by atoms with E-state index in [2.05, 4.69) is 11.9 Å². The van der Waals surface area contributed by atoms with Gasteiger partial charge < -0.3 is 5.11 Å². The van der Waals surface area contributed by atoms with E-state index >= 15 is 0 Å². The Bertz CT molecular complexity index is 359. The summed E-state index contributed by atoms with van der Waals surface area (Å²) in [7, 11) is 0. The molecule has 0 bridgehead atoms. The van der Waals surface area contributed by atoms with E-state index in [-0.39, 0.29) is 6.10 Å². The Hall–Kier alpha value is -0.190. The predicted octanol–water partition coefficient (Wildman–Crippen LogP) is 2.66. The summed E-state index contributed by atoms with van der Waals surface area (Å²) in [4.78, 5) is 4.15. The summed E-state index contributed by atoms with van der Waals surface area (Å²) in [5.74, 6) is 2.33. The number of aliphatic hydroxyl groups excluding tert-OH is 1. The predicted molar refractivity (Wildman–Crippen MR) is 72.1 cm³/mol. The van der Waals surface area contributed by atoms with Crippen LogP contribution in [0.1, 0.15) is 24.2 Å². The van der Waals surface area contributed by atoms with Crippen molar-refractivity contribution in [3.05, 3.63) is 29.6 Å². The molecule has 2 heterocycles. The Morgan fingerprint density at radius 3 is 2.81 bits per heavy atom. The highest BCUT2D eigenvalue weighted by Crippen LogP contribution is 2.38. The van der Waals surface area contributed by atoms with Crippen molar-refractivity contribution >= 4 is 23.5 Å². The number of hydrogen-bond acceptors (Lipinski definition) is 4. The Balaban J connectivity index is 2.14. The molecule has 2 nitrogen and oxygen atoms in total. The quantitative estimate of drug-likeness (QED) is 0.881. The number of nitrogens with zero attached hydrogens (tertiary/aromatic N) is 1. The molecule has 0 amide bonds. The number of aromatic nitrogens is 1. The average molecular weight is 255 g/mol. The fourth-order valence-electron chi connectivity index (χ4n) is 1.93. The molecular weight excluding hydrogens is 238 g/mol. The monoisotopic (exact) mass is 255 g/mol. The van der Waals surface area contributed by atoms with Gasteiger partial charge in [0, 0.05) is 40.0 Å².